The van der Waals surface area contributed by atoms with E-state index in [1.165, 1.54) is 11.3 Å². The van der Waals surface area contributed by atoms with Crippen molar-refractivity contribution in [3.8, 4) is 11.5 Å². The fourth-order valence-electron chi connectivity index (χ4n) is 3.78. The van der Waals surface area contributed by atoms with Gasteiger partial charge in [-0.2, -0.15) is 0 Å². The van der Waals surface area contributed by atoms with Gasteiger partial charge in [0, 0.05) is 16.1 Å². The van der Waals surface area contributed by atoms with Crippen LogP contribution in [-0.2, 0) is 16.6 Å². The minimum absolute atomic E-state index is 0.184. The molecular weight excluding hydrogens is 408 g/mol. The second kappa shape index (κ2) is 7.13. The summed E-state index contributed by atoms with van der Waals surface area (Å²) in [6.45, 7) is 0.229. The average molecular weight is 427 g/mol. The summed E-state index contributed by atoms with van der Waals surface area (Å²) in [7, 11) is 0. The van der Waals surface area contributed by atoms with E-state index < -0.39 is 5.41 Å². The molecule has 5 nitrogen and oxygen atoms in total. The van der Waals surface area contributed by atoms with Gasteiger partial charge in [-0.15, -0.1) is 11.3 Å². The largest absolute Gasteiger partial charge is 0.454 e. The molecule has 0 bridgehead atoms. The molecule has 1 aliphatic heterocycles. The van der Waals surface area contributed by atoms with E-state index in [2.05, 4.69) is 4.98 Å². The second-order valence-corrected chi connectivity index (χ2v) is 8.96. The Labute approximate surface area is 177 Å². The number of carbonyl (C=O) groups is 1. The minimum atomic E-state index is -0.433. The molecule has 148 valence electrons. The number of aromatic nitrogens is 1. The predicted molar refractivity (Wildman–Crippen MR) is 112 cm³/mol. The molecule has 1 saturated carbocycles. The molecule has 1 atom stereocenters. The van der Waals surface area contributed by atoms with Gasteiger partial charge in [0.15, 0.2) is 11.5 Å². The zero-order valence-electron chi connectivity index (χ0n) is 15.6. The number of nitrogens with zero attached hydrogens (tertiary/aromatic N) is 1. The highest BCUT2D eigenvalue weighted by atomic mass is 35.5. The van der Waals surface area contributed by atoms with Gasteiger partial charge in [0.25, 0.3) is 0 Å². The van der Waals surface area contributed by atoms with E-state index in [1.807, 2.05) is 42.5 Å². The highest BCUT2D eigenvalue weighted by molar-refractivity contribution is 7.11. The fraction of sp³-hybridized carbons (Fsp3) is 0.273. The third-order valence-corrected chi connectivity index (χ3v) is 7.06. The van der Waals surface area contributed by atoms with Gasteiger partial charge in [-0.3, -0.25) is 4.79 Å². The Bertz CT molecular complexity index is 1090. The van der Waals surface area contributed by atoms with Crippen molar-refractivity contribution in [2.24, 2.45) is 5.73 Å². The summed E-state index contributed by atoms with van der Waals surface area (Å²) < 4.78 is 10.8. The van der Waals surface area contributed by atoms with Gasteiger partial charge in [-0.25, -0.2) is 4.98 Å². The number of hydrogen-bond donors (Lipinski definition) is 1. The van der Waals surface area contributed by atoms with Gasteiger partial charge < -0.3 is 15.2 Å². The minimum Gasteiger partial charge on any atom is -0.454 e. The number of thiazole rings is 1. The Morgan fingerprint density at radius 2 is 2.00 bits per heavy atom. The number of benzene rings is 2. The molecular formula is C22H19ClN2O3S. The lowest BCUT2D eigenvalue weighted by atomic mass is 9.89. The molecule has 0 amide bonds. The summed E-state index contributed by atoms with van der Waals surface area (Å²) >= 11 is 7.74. The topological polar surface area (TPSA) is 74.4 Å². The SMILES string of the molecule is N[C@H](c1cnc(CC(=O)C2(c3ccc4c(c3)OCO4)CC2)s1)c1ccccc1Cl. The first kappa shape index (κ1) is 18.6. The summed E-state index contributed by atoms with van der Waals surface area (Å²) in [5, 5.41) is 1.41. The van der Waals surface area contributed by atoms with E-state index in [0.717, 1.165) is 39.6 Å². The molecule has 1 fully saturated rings. The maximum Gasteiger partial charge on any atom is 0.231 e. The van der Waals surface area contributed by atoms with Crippen LogP contribution in [0.15, 0.2) is 48.7 Å². The number of hydrogen-bond acceptors (Lipinski definition) is 6. The monoisotopic (exact) mass is 426 g/mol. The molecule has 1 aromatic heterocycles. The van der Waals surface area contributed by atoms with Crippen molar-refractivity contribution < 1.29 is 14.3 Å². The van der Waals surface area contributed by atoms with Crippen molar-refractivity contribution in [1.29, 1.82) is 0 Å². The van der Waals surface area contributed by atoms with Crippen molar-refractivity contribution in [3.05, 3.63) is 74.7 Å². The van der Waals surface area contributed by atoms with Crippen LogP contribution in [0.2, 0.25) is 5.02 Å². The van der Waals surface area contributed by atoms with E-state index in [-0.39, 0.29) is 18.6 Å². The fourth-order valence-corrected chi connectivity index (χ4v) is 4.98. The first-order chi connectivity index (χ1) is 14.1. The summed E-state index contributed by atoms with van der Waals surface area (Å²) in [5.41, 5.74) is 7.80. The lowest BCUT2D eigenvalue weighted by molar-refractivity contribution is -0.120. The molecule has 3 aromatic rings. The smallest absolute Gasteiger partial charge is 0.231 e. The number of ketones is 1. The lowest BCUT2D eigenvalue weighted by Crippen LogP contribution is -2.22. The molecule has 0 unspecified atom stereocenters. The first-order valence-corrected chi connectivity index (χ1v) is 10.6. The van der Waals surface area contributed by atoms with Crippen molar-refractivity contribution in [2.45, 2.75) is 30.7 Å². The Balaban J connectivity index is 1.33. The van der Waals surface area contributed by atoms with Crippen LogP contribution in [0, 0.1) is 0 Å². The molecule has 2 N–H and O–H groups in total. The molecule has 0 spiro atoms. The van der Waals surface area contributed by atoms with Crippen LogP contribution in [0.25, 0.3) is 0 Å². The Kier molecular flexibility index (Phi) is 4.57. The lowest BCUT2D eigenvalue weighted by Gasteiger charge is -2.14. The van der Waals surface area contributed by atoms with Gasteiger partial charge in [0.1, 0.15) is 10.8 Å². The number of carbonyl (C=O) groups excluding carboxylic acids is 1. The van der Waals surface area contributed by atoms with Crippen LogP contribution in [0.4, 0.5) is 0 Å². The third-order valence-electron chi connectivity index (χ3n) is 5.64. The van der Waals surface area contributed by atoms with Gasteiger partial charge in [0.05, 0.1) is 17.9 Å². The summed E-state index contributed by atoms with van der Waals surface area (Å²) in [4.78, 5) is 18.5. The normalized spacial score (nSPS) is 17.2. The van der Waals surface area contributed by atoms with Crippen molar-refractivity contribution >= 4 is 28.7 Å². The van der Waals surface area contributed by atoms with Crippen LogP contribution in [0.5, 0.6) is 11.5 Å². The zero-order chi connectivity index (χ0) is 20.0. The Hall–Kier alpha value is -2.41. The highest BCUT2D eigenvalue weighted by Crippen LogP contribution is 2.51. The average Bonchev–Trinajstić information content (AvgIpc) is 3.18. The molecule has 2 aromatic carbocycles. The van der Waals surface area contributed by atoms with Crippen molar-refractivity contribution in [3.63, 3.8) is 0 Å². The maximum atomic E-state index is 13.1. The van der Waals surface area contributed by atoms with E-state index in [9.17, 15) is 4.79 Å². The predicted octanol–water partition coefficient (Wildman–Crippen LogP) is 4.42. The Morgan fingerprint density at radius 3 is 2.79 bits per heavy atom. The van der Waals surface area contributed by atoms with Crippen LogP contribution >= 0.6 is 22.9 Å². The van der Waals surface area contributed by atoms with Gasteiger partial charge in [-0.05, 0) is 42.2 Å². The maximum absolute atomic E-state index is 13.1. The highest BCUT2D eigenvalue weighted by Gasteiger charge is 2.51. The number of rotatable bonds is 6. The first-order valence-electron chi connectivity index (χ1n) is 9.45. The van der Waals surface area contributed by atoms with Gasteiger partial charge >= 0.3 is 0 Å². The van der Waals surface area contributed by atoms with Crippen LogP contribution in [0.3, 0.4) is 0 Å². The number of nitrogens with two attached hydrogens (primary N) is 1. The molecule has 0 radical (unpaired) electrons. The van der Waals surface area contributed by atoms with Crippen LogP contribution < -0.4 is 15.2 Å². The number of ether oxygens (including phenoxy) is 2. The van der Waals surface area contributed by atoms with E-state index in [1.54, 1.807) is 6.20 Å². The van der Waals surface area contributed by atoms with E-state index >= 15 is 0 Å². The molecule has 7 heteroatoms. The molecule has 5 rings (SSSR count). The van der Waals surface area contributed by atoms with Crippen LogP contribution in [-0.4, -0.2) is 17.6 Å². The quantitative estimate of drug-likeness (QED) is 0.631. The zero-order valence-corrected chi connectivity index (χ0v) is 17.1. The van der Waals surface area contributed by atoms with Crippen LogP contribution in [0.1, 0.15) is 39.9 Å². The third kappa shape index (κ3) is 3.31. The second-order valence-electron chi connectivity index (χ2n) is 7.41. The van der Waals surface area contributed by atoms with Crippen molar-refractivity contribution in [2.75, 3.05) is 6.79 Å². The molecule has 2 heterocycles. The summed E-state index contributed by atoms with van der Waals surface area (Å²) in [6, 6.07) is 13.0. The van der Waals surface area contributed by atoms with Crippen molar-refractivity contribution in [1.82, 2.24) is 4.98 Å². The number of fused-ring (bicyclic) bond motifs is 1. The molecule has 1 aliphatic carbocycles. The van der Waals surface area contributed by atoms with Gasteiger partial charge in [-0.1, -0.05) is 35.9 Å². The standard InChI is InChI=1S/C22H19ClN2O3S/c23-15-4-2-1-3-14(15)21(24)18-11-25-20(29-18)10-19(26)22(7-8-22)13-5-6-16-17(9-13)28-12-27-16/h1-6,9,11,21H,7-8,10,12,24H2/t21-/m0/s1. The number of Topliss-reactive ketones (excluding diaryl/α,β-unsaturated/α-hetero) is 1. The summed E-state index contributed by atoms with van der Waals surface area (Å²) in [6.07, 6.45) is 3.75. The molecule has 0 saturated heterocycles. The van der Waals surface area contributed by atoms with E-state index in [4.69, 9.17) is 26.8 Å². The van der Waals surface area contributed by atoms with E-state index in [0.29, 0.717) is 17.2 Å². The summed E-state index contributed by atoms with van der Waals surface area (Å²) in [5.74, 6) is 1.63. The van der Waals surface area contributed by atoms with Gasteiger partial charge in [0.2, 0.25) is 6.79 Å². The molecule has 2 aliphatic rings. The number of halogens is 1. The Morgan fingerprint density at radius 1 is 1.21 bits per heavy atom. The molecule has 29 heavy (non-hydrogen) atoms.